The Hall–Kier alpha value is -3.05. The molecule has 0 spiro atoms. The van der Waals surface area contributed by atoms with Crippen LogP contribution in [-0.2, 0) is 6.61 Å². The molecule has 3 aromatic carbocycles. The van der Waals surface area contributed by atoms with Crippen molar-refractivity contribution in [1.29, 1.82) is 0 Å². The zero-order valence-electron chi connectivity index (χ0n) is 15.2. The number of para-hydroxylation sites is 1. The van der Waals surface area contributed by atoms with Gasteiger partial charge in [0.05, 0.1) is 12.3 Å². The molecular weight excluding hydrogens is 381 g/mol. The van der Waals surface area contributed by atoms with E-state index in [0.717, 1.165) is 0 Å². The van der Waals surface area contributed by atoms with Gasteiger partial charge in [0.25, 0.3) is 5.91 Å². The Bertz CT molecular complexity index is 978. The topological polar surface area (TPSA) is 47.6 Å². The van der Waals surface area contributed by atoms with E-state index in [9.17, 15) is 9.18 Å². The van der Waals surface area contributed by atoms with Gasteiger partial charge in [0, 0.05) is 16.1 Å². The lowest BCUT2D eigenvalue weighted by molar-refractivity contribution is 0.102. The molecule has 0 aliphatic carbocycles. The fourth-order valence-electron chi connectivity index (χ4n) is 2.60. The molecule has 1 amide bonds. The summed E-state index contributed by atoms with van der Waals surface area (Å²) in [5.41, 5.74) is 1.19. The third kappa shape index (κ3) is 5.02. The fraction of sp³-hybridized carbons (Fsp3) is 0.136. The van der Waals surface area contributed by atoms with Gasteiger partial charge in [-0.2, -0.15) is 0 Å². The third-order valence-corrected chi connectivity index (χ3v) is 4.17. The molecular formula is C22H19ClFNO3. The van der Waals surface area contributed by atoms with Gasteiger partial charge < -0.3 is 14.8 Å². The molecule has 0 aliphatic rings. The minimum Gasteiger partial charge on any atom is -0.493 e. The summed E-state index contributed by atoms with van der Waals surface area (Å²) >= 11 is 5.98. The van der Waals surface area contributed by atoms with E-state index in [4.69, 9.17) is 21.1 Å². The molecule has 3 rings (SSSR count). The van der Waals surface area contributed by atoms with E-state index in [2.05, 4.69) is 5.32 Å². The van der Waals surface area contributed by atoms with Crippen molar-refractivity contribution < 1.29 is 18.7 Å². The maximum atomic E-state index is 13.8. The molecule has 0 atom stereocenters. The second kappa shape index (κ2) is 9.24. The standard InChI is InChI=1S/C22H19ClFNO3/c1-2-27-21-11-10-15(22(26)25-20-9-4-3-8-19(20)24)12-16(21)14-28-18-7-5-6-17(23)13-18/h3-13H,2,14H2,1H3,(H,25,26). The first kappa shape index (κ1) is 19.7. The van der Waals surface area contributed by atoms with Crippen LogP contribution in [0.4, 0.5) is 10.1 Å². The summed E-state index contributed by atoms with van der Waals surface area (Å²) in [7, 11) is 0. The quantitative estimate of drug-likeness (QED) is 0.553. The molecule has 0 saturated heterocycles. The number of hydrogen-bond acceptors (Lipinski definition) is 3. The number of halogens is 2. The molecule has 0 aromatic heterocycles. The van der Waals surface area contributed by atoms with Gasteiger partial charge in [0.1, 0.15) is 23.9 Å². The van der Waals surface area contributed by atoms with Crippen molar-refractivity contribution in [3.63, 3.8) is 0 Å². The summed E-state index contributed by atoms with van der Waals surface area (Å²) in [6, 6.07) is 18.1. The number of ether oxygens (including phenoxy) is 2. The van der Waals surface area contributed by atoms with E-state index < -0.39 is 11.7 Å². The van der Waals surface area contributed by atoms with Gasteiger partial charge in [0.2, 0.25) is 0 Å². The normalized spacial score (nSPS) is 10.4. The molecule has 0 heterocycles. The summed E-state index contributed by atoms with van der Waals surface area (Å²) in [5, 5.41) is 3.14. The summed E-state index contributed by atoms with van der Waals surface area (Å²) in [5.74, 6) is 0.312. The molecule has 144 valence electrons. The van der Waals surface area contributed by atoms with Crippen LogP contribution in [0.25, 0.3) is 0 Å². The highest BCUT2D eigenvalue weighted by Crippen LogP contribution is 2.25. The molecule has 0 radical (unpaired) electrons. The predicted molar refractivity (Wildman–Crippen MR) is 108 cm³/mol. The van der Waals surface area contributed by atoms with Crippen LogP contribution >= 0.6 is 11.6 Å². The fourth-order valence-corrected chi connectivity index (χ4v) is 2.79. The van der Waals surface area contributed by atoms with Crippen LogP contribution < -0.4 is 14.8 Å². The second-order valence-electron chi connectivity index (χ2n) is 5.94. The first-order valence-corrected chi connectivity index (χ1v) is 9.14. The monoisotopic (exact) mass is 399 g/mol. The molecule has 4 nitrogen and oxygen atoms in total. The Morgan fingerprint density at radius 1 is 1.04 bits per heavy atom. The van der Waals surface area contributed by atoms with Crippen LogP contribution in [0.15, 0.2) is 66.7 Å². The van der Waals surface area contributed by atoms with Gasteiger partial charge in [0.15, 0.2) is 0 Å². The van der Waals surface area contributed by atoms with Crippen LogP contribution in [0.5, 0.6) is 11.5 Å². The summed E-state index contributed by atoms with van der Waals surface area (Å²) < 4.78 is 25.2. The van der Waals surface area contributed by atoms with Crippen LogP contribution in [0.1, 0.15) is 22.8 Å². The Labute approximate surface area is 167 Å². The Morgan fingerprint density at radius 2 is 1.86 bits per heavy atom. The molecule has 0 aliphatic heterocycles. The molecule has 1 N–H and O–H groups in total. The van der Waals surface area contributed by atoms with E-state index >= 15 is 0 Å². The third-order valence-electron chi connectivity index (χ3n) is 3.93. The number of benzene rings is 3. The van der Waals surface area contributed by atoms with E-state index in [1.807, 2.05) is 6.92 Å². The van der Waals surface area contributed by atoms with Crippen LogP contribution in [0.3, 0.4) is 0 Å². The number of carbonyl (C=O) groups is 1. The number of carbonyl (C=O) groups excluding carboxylic acids is 1. The first-order valence-electron chi connectivity index (χ1n) is 8.77. The SMILES string of the molecule is CCOc1ccc(C(=O)Nc2ccccc2F)cc1COc1cccc(Cl)c1. The van der Waals surface area contributed by atoms with Crippen molar-refractivity contribution in [3.8, 4) is 11.5 Å². The Kier molecular flexibility index (Phi) is 6.50. The van der Waals surface area contributed by atoms with Crippen LogP contribution in [0.2, 0.25) is 5.02 Å². The lowest BCUT2D eigenvalue weighted by atomic mass is 10.1. The molecule has 28 heavy (non-hydrogen) atoms. The zero-order valence-corrected chi connectivity index (χ0v) is 16.0. The first-order chi connectivity index (χ1) is 13.6. The van der Waals surface area contributed by atoms with E-state index in [1.165, 1.54) is 12.1 Å². The van der Waals surface area contributed by atoms with E-state index in [1.54, 1.807) is 54.6 Å². The van der Waals surface area contributed by atoms with Gasteiger partial charge in [-0.1, -0.05) is 29.8 Å². The molecule has 6 heteroatoms. The molecule has 0 unspecified atom stereocenters. The number of rotatable bonds is 7. The average Bonchev–Trinajstić information content (AvgIpc) is 2.69. The highest BCUT2D eigenvalue weighted by atomic mass is 35.5. The van der Waals surface area contributed by atoms with Crippen molar-refractivity contribution in [2.45, 2.75) is 13.5 Å². The lowest BCUT2D eigenvalue weighted by Gasteiger charge is -2.14. The summed E-state index contributed by atoms with van der Waals surface area (Å²) in [6.07, 6.45) is 0. The van der Waals surface area contributed by atoms with Crippen LogP contribution in [0, 0.1) is 5.82 Å². The highest BCUT2D eigenvalue weighted by Gasteiger charge is 2.13. The van der Waals surface area contributed by atoms with Gasteiger partial charge in [-0.15, -0.1) is 0 Å². The molecule has 0 bridgehead atoms. The Balaban J connectivity index is 1.80. The lowest BCUT2D eigenvalue weighted by Crippen LogP contribution is -2.14. The summed E-state index contributed by atoms with van der Waals surface area (Å²) in [6.45, 7) is 2.54. The second-order valence-corrected chi connectivity index (χ2v) is 6.37. The largest absolute Gasteiger partial charge is 0.493 e. The van der Waals surface area contributed by atoms with Gasteiger partial charge in [-0.3, -0.25) is 4.79 Å². The van der Waals surface area contributed by atoms with Gasteiger partial charge >= 0.3 is 0 Å². The molecule has 0 fully saturated rings. The van der Waals surface area contributed by atoms with E-state index in [-0.39, 0.29) is 12.3 Å². The van der Waals surface area contributed by atoms with Crippen molar-refractivity contribution in [2.24, 2.45) is 0 Å². The predicted octanol–water partition coefficient (Wildman–Crippen LogP) is 5.71. The van der Waals surface area contributed by atoms with Crippen molar-refractivity contribution >= 4 is 23.2 Å². The minimum absolute atomic E-state index is 0.123. The van der Waals surface area contributed by atoms with Crippen molar-refractivity contribution in [2.75, 3.05) is 11.9 Å². The number of anilines is 1. The summed E-state index contributed by atoms with van der Waals surface area (Å²) in [4.78, 5) is 12.5. The molecule has 0 saturated carbocycles. The smallest absolute Gasteiger partial charge is 0.255 e. The number of nitrogens with one attached hydrogen (secondary N) is 1. The number of amides is 1. The van der Waals surface area contributed by atoms with Crippen LogP contribution in [-0.4, -0.2) is 12.5 Å². The average molecular weight is 400 g/mol. The van der Waals surface area contributed by atoms with E-state index in [0.29, 0.717) is 34.3 Å². The van der Waals surface area contributed by atoms with Gasteiger partial charge in [-0.25, -0.2) is 4.39 Å². The molecule has 3 aromatic rings. The Morgan fingerprint density at radius 3 is 2.61 bits per heavy atom. The maximum absolute atomic E-state index is 13.8. The maximum Gasteiger partial charge on any atom is 0.255 e. The highest BCUT2D eigenvalue weighted by molar-refractivity contribution is 6.30. The van der Waals surface area contributed by atoms with Gasteiger partial charge in [-0.05, 0) is 55.5 Å². The van der Waals surface area contributed by atoms with Crippen molar-refractivity contribution in [3.05, 3.63) is 88.7 Å². The van der Waals surface area contributed by atoms with Crippen molar-refractivity contribution in [1.82, 2.24) is 0 Å². The number of hydrogen-bond donors (Lipinski definition) is 1. The zero-order chi connectivity index (χ0) is 19.9. The minimum atomic E-state index is -0.494.